The van der Waals surface area contributed by atoms with Crippen molar-refractivity contribution >= 4 is 13.8 Å². The van der Waals surface area contributed by atoms with Crippen LogP contribution in [0.3, 0.4) is 0 Å². The average molecular weight is 727 g/mol. The maximum atomic E-state index is 12.2. The van der Waals surface area contributed by atoms with Gasteiger partial charge >= 0.3 is 13.8 Å². The van der Waals surface area contributed by atoms with Crippen molar-refractivity contribution in [2.45, 2.75) is 210 Å². The minimum Gasteiger partial charge on any atom is -0.463 e. The Morgan fingerprint density at radius 3 is 1.24 bits per heavy atom. The number of carbonyl (C=O) groups excluding carboxylic acids is 1. The highest BCUT2D eigenvalue weighted by Gasteiger charge is 2.51. The second-order valence-electron chi connectivity index (χ2n) is 14.0. The molecule has 49 heavy (non-hydrogen) atoms. The van der Waals surface area contributed by atoms with E-state index in [1.807, 2.05) is 0 Å². The van der Waals surface area contributed by atoms with Crippen LogP contribution in [0.25, 0.3) is 0 Å². The molecule has 0 bridgehead atoms. The number of aliphatic hydroxyl groups excluding tert-OH is 6. The summed E-state index contributed by atoms with van der Waals surface area (Å²) in [5.41, 5.74) is 0. The monoisotopic (exact) mass is 726 g/mol. The molecule has 1 fully saturated rings. The molecular formula is C36H71O12P. The third-order valence-electron chi connectivity index (χ3n) is 9.43. The Morgan fingerprint density at radius 2 is 0.878 bits per heavy atom. The largest absolute Gasteiger partial charge is 0.472 e. The van der Waals surface area contributed by atoms with Crippen molar-refractivity contribution < 1.29 is 58.7 Å². The molecule has 1 aliphatic rings. The van der Waals surface area contributed by atoms with Gasteiger partial charge in [0.05, 0.1) is 6.61 Å². The van der Waals surface area contributed by atoms with Gasteiger partial charge in [-0.05, 0) is 6.42 Å². The molecule has 0 radical (unpaired) electrons. The highest BCUT2D eigenvalue weighted by atomic mass is 31.2. The van der Waals surface area contributed by atoms with Crippen molar-refractivity contribution in [2.75, 3.05) is 13.2 Å². The summed E-state index contributed by atoms with van der Waals surface area (Å²) >= 11 is 0. The van der Waals surface area contributed by atoms with Crippen LogP contribution in [0.2, 0.25) is 0 Å². The van der Waals surface area contributed by atoms with Gasteiger partial charge in [0, 0.05) is 6.42 Å². The molecule has 0 aromatic rings. The summed E-state index contributed by atoms with van der Waals surface area (Å²) in [5.74, 6) is -0.503. The van der Waals surface area contributed by atoms with Gasteiger partial charge < -0.3 is 40.3 Å². The van der Waals surface area contributed by atoms with Gasteiger partial charge in [-0.15, -0.1) is 0 Å². The molecule has 0 saturated heterocycles. The lowest BCUT2D eigenvalue weighted by Crippen LogP contribution is -2.64. The smallest absolute Gasteiger partial charge is 0.463 e. The number of unbranched alkanes of at least 4 members (excludes halogenated alkanes) is 23. The number of rotatable bonds is 32. The second kappa shape index (κ2) is 28.9. The molecule has 1 aliphatic carbocycles. The molecule has 13 heteroatoms. The lowest BCUT2D eigenvalue weighted by Gasteiger charge is -2.41. The number of esters is 1. The fraction of sp³-hybridized carbons (Fsp3) is 0.972. The molecule has 0 amide bonds. The summed E-state index contributed by atoms with van der Waals surface area (Å²) in [4.78, 5) is 21.8. The first-order valence-corrected chi connectivity index (χ1v) is 20.9. The van der Waals surface area contributed by atoms with Crippen LogP contribution in [0, 0.1) is 0 Å². The SMILES string of the molecule is CCCCCCCCCCCCCCCCCCCCCCCCCCC(=O)OCC(O)COP(=O)(O)OC1C(O)C(O)C(O)C(O)C1O. The number of hydrogen-bond donors (Lipinski definition) is 7. The standard InChI is InChI=1S/C36H71O12P/c1-2-3-4-5-6-7-8-9-10-11-12-13-14-15-16-17-18-19-20-21-22-23-24-25-26-30(38)46-27-29(37)28-47-49(44,45)48-36-34(42)32(40)31(39)33(41)35(36)43/h29,31-37,39-43H,2-28H2,1H3,(H,44,45). The van der Waals surface area contributed by atoms with Crippen LogP contribution in [0.5, 0.6) is 0 Å². The van der Waals surface area contributed by atoms with E-state index in [1.165, 1.54) is 128 Å². The van der Waals surface area contributed by atoms with Crippen LogP contribution < -0.4 is 0 Å². The first-order valence-electron chi connectivity index (χ1n) is 19.4. The van der Waals surface area contributed by atoms with E-state index in [0.717, 1.165) is 19.3 Å². The zero-order valence-corrected chi connectivity index (χ0v) is 31.1. The number of phosphoric acid groups is 1. The average Bonchev–Trinajstić information content (AvgIpc) is 3.08. The third kappa shape index (κ3) is 22.8. The molecule has 6 atom stereocenters. The van der Waals surface area contributed by atoms with Gasteiger partial charge in [0.15, 0.2) is 0 Å². The molecule has 292 valence electrons. The van der Waals surface area contributed by atoms with Gasteiger partial charge in [-0.3, -0.25) is 13.8 Å². The first-order chi connectivity index (χ1) is 23.5. The Balaban J connectivity index is 1.90. The number of hydrogen-bond acceptors (Lipinski definition) is 11. The highest BCUT2D eigenvalue weighted by Crippen LogP contribution is 2.47. The van der Waals surface area contributed by atoms with E-state index in [4.69, 9.17) is 4.74 Å². The maximum Gasteiger partial charge on any atom is 0.472 e. The fourth-order valence-corrected chi connectivity index (χ4v) is 7.21. The van der Waals surface area contributed by atoms with Crippen LogP contribution >= 0.6 is 7.82 Å². The minimum absolute atomic E-state index is 0.197. The van der Waals surface area contributed by atoms with Gasteiger partial charge in [0.2, 0.25) is 0 Å². The maximum absolute atomic E-state index is 12.2. The van der Waals surface area contributed by atoms with Crippen molar-refractivity contribution in [1.29, 1.82) is 0 Å². The van der Waals surface area contributed by atoms with Gasteiger partial charge in [0.25, 0.3) is 0 Å². The highest BCUT2D eigenvalue weighted by molar-refractivity contribution is 7.47. The molecule has 1 rings (SSSR count). The topological polar surface area (TPSA) is 203 Å². The Labute approximate surface area is 295 Å². The normalized spacial score (nSPS) is 24.5. The van der Waals surface area contributed by atoms with Crippen molar-refractivity contribution in [3.63, 3.8) is 0 Å². The zero-order chi connectivity index (χ0) is 36.3. The molecule has 0 aromatic heterocycles. The van der Waals surface area contributed by atoms with E-state index in [1.54, 1.807) is 0 Å². The predicted molar refractivity (Wildman–Crippen MR) is 189 cm³/mol. The summed E-state index contributed by atoms with van der Waals surface area (Å²) in [7, 11) is -4.99. The van der Waals surface area contributed by atoms with Crippen LogP contribution in [0.15, 0.2) is 0 Å². The van der Waals surface area contributed by atoms with E-state index in [-0.39, 0.29) is 6.42 Å². The Bertz CT molecular complexity index is 833. The molecule has 0 aromatic carbocycles. The molecule has 0 aliphatic heterocycles. The van der Waals surface area contributed by atoms with Gasteiger partial charge in [-0.1, -0.05) is 155 Å². The molecule has 1 saturated carbocycles. The van der Waals surface area contributed by atoms with Gasteiger partial charge in [0.1, 0.15) is 49.3 Å². The molecule has 6 unspecified atom stereocenters. The van der Waals surface area contributed by atoms with Crippen LogP contribution in [0.4, 0.5) is 0 Å². The Kier molecular flexibility index (Phi) is 27.3. The predicted octanol–water partition coefficient (Wildman–Crippen LogP) is 5.98. The zero-order valence-electron chi connectivity index (χ0n) is 30.3. The first kappa shape index (κ1) is 46.4. The number of phosphoric ester groups is 1. The van der Waals surface area contributed by atoms with E-state index >= 15 is 0 Å². The molecule has 12 nitrogen and oxygen atoms in total. The van der Waals surface area contributed by atoms with E-state index < -0.39 is 69.7 Å². The summed E-state index contributed by atoms with van der Waals surface area (Å²) in [6.07, 6.45) is 18.2. The second-order valence-corrected chi connectivity index (χ2v) is 15.4. The summed E-state index contributed by atoms with van der Waals surface area (Å²) in [6, 6.07) is 0. The number of ether oxygens (including phenoxy) is 1. The Morgan fingerprint density at radius 1 is 0.551 bits per heavy atom. The number of carbonyl (C=O) groups is 1. The van der Waals surface area contributed by atoms with E-state index in [0.29, 0.717) is 6.42 Å². The molecule has 0 heterocycles. The van der Waals surface area contributed by atoms with Gasteiger partial charge in [-0.25, -0.2) is 4.57 Å². The van der Waals surface area contributed by atoms with Crippen molar-refractivity contribution in [3.05, 3.63) is 0 Å². The fourth-order valence-electron chi connectivity index (χ4n) is 6.23. The van der Waals surface area contributed by atoms with E-state index in [9.17, 15) is 44.9 Å². The third-order valence-corrected chi connectivity index (χ3v) is 10.4. The summed E-state index contributed by atoms with van der Waals surface area (Å²) in [5, 5.41) is 58.8. The molecular weight excluding hydrogens is 655 g/mol. The van der Waals surface area contributed by atoms with Crippen molar-refractivity contribution in [1.82, 2.24) is 0 Å². The summed E-state index contributed by atoms with van der Waals surface area (Å²) in [6.45, 7) is 1.03. The summed E-state index contributed by atoms with van der Waals surface area (Å²) < 4.78 is 26.5. The van der Waals surface area contributed by atoms with Crippen LogP contribution in [0.1, 0.15) is 167 Å². The van der Waals surface area contributed by atoms with Crippen molar-refractivity contribution in [2.24, 2.45) is 0 Å². The lowest BCUT2D eigenvalue weighted by molar-refractivity contribution is -0.220. The van der Waals surface area contributed by atoms with Crippen molar-refractivity contribution in [3.8, 4) is 0 Å². The quantitative estimate of drug-likeness (QED) is 0.0243. The molecule has 7 N–H and O–H groups in total. The van der Waals surface area contributed by atoms with Gasteiger partial charge in [-0.2, -0.15) is 0 Å². The Hall–Kier alpha value is -0.660. The lowest BCUT2D eigenvalue weighted by atomic mass is 9.85. The number of aliphatic hydroxyl groups is 6. The van der Waals surface area contributed by atoms with Crippen LogP contribution in [-0.4, -0.2) is 97.4 Å². The molecule has 0 spiro atoms. The van der Waals surface area contributed by atoms with Crippen LogP contribution in [-0.2, 0) is 23.1 Å². The van der Waals surface area contributed by atoms with E-state index in [2.05, 4.69) is 16.0 Å². The minimum atomic E-state index is -4.99.